The highest BCUT2D eigenvalue weighted by Crippen LogP contribution is 2.27. The minimum absolute atomic E-state index is 0.441. The summed E-state index contributed by atoms with van der Waals surface area (Å²) in [5.41, 5.74) is 3.77. The molecule has 0 spiro atoms. The highest BCUT2D eigenvalue weighted by Gasteiger charge is 2.27. The molecule has 0 aliphatic heterocycles. The summed E-state index contributed by atoms with van der Waals surface area (Å²) in [6.45, 7) is 0. The van der Waals surface area contributed by atoms with Crippen molar-refractivity contribution in [1.82, 2.24) is 9.97 Å². The molecule has 1 rings (SSSR count). The molecule has 0 amide bonds. The van der Waals surface area contributed by atoms with Crippen LogP contribution in [0.1, 0.15) is 0 Å². The minimum Gasteiger partial charge on any atom is -0.358 e. The zero-order chi connectivity index (χ0) is 12.3. The van der Waals surface area contributed by atoms with Crippen molar-refractivity contribution in [2.75, 3.05) is 10.9 Å². The molecule has 1 aromatic rings. The van der Waals surface area contributed by atoms with E-state index in [1.807, 2.05) is 10.9 Å². The van der Waals surface area contributed by atoms with Crippen LogP contribution < -0.4 is 22.5 Å². The van der Waals surface area contributed by atoms with Crippen LogP contribution in [0.3, 0.4) is 0 Å². The zero-order valence-corrected chi connectivity index (χ0v) is 7.58. The molecule has 1 heterocycles. The lowest BCUT2D eigenvalue weighted by Crippen LogP contribution is -2.17. The molecule has 12 nitrogen and oxygen atoms in total. The van der Waals surface area contributed by atoms with E-state index in [0.29, 0.717) is 0 Å². The number of nitrogens with zero attached hydrogens (tertiary/aromatic N) is 4. The van der Waals surface area contributed by atoms with Crippen LogP contribution in [0.4, 0.5) is 23.3 Å². The Morgan fingerprint density at radius 2 is 1.31 bits per heavy atom. The standard InChI is InChI=1S/C4H6N8O4/c5-9-1-3(11(13)14)8-4(12(15)16)2(7-1)10-6/h5-6H2,(H2,7,9,10). The van der Waals surface area contributed by atoms with Crippen molar-refractivity contribution in [2.45, 2.75) is 0 Å². The largest absolute Gasteiger partial charge is 0.412 e. The van der Waals surface area contributed by atoms with Crippen molar-refractivity contribution >= 4 is 23.3 Å². The van der Waals surface area contributed by atoms with Crippen LogP contribution in [0.2, 0.25) is 0 Å². The molecule has 0 bridgehead atoms. The lowest BCUT2D eigenvalue weighted by Gasteiger charge is -2.04. The molecule has 86 valence electrons. The van der Waals surface area contributed by atoms with Gasteiger partial charge in [0.25, 0.3) is 0 Å². The van der Waals surface area contributed by atoms with Gasteiger partial charge in [-0.1, -0.05) is 0 Å². The van der Waals surface area contributed by atoms with Crippen LogP contribution in [0.5, 0.6) is 0 Å². The number of nitrogen functional groups attached to an aromatic ring is 2. The number of nitrogens with two attached hydrogens (primary N) is 2. The van der Waals surface area contributed by atoms with Crippen molar-refractivity contribution in [3.63, 3.8) is 0 Å². The van der Waals surface area contributed by atoms with Crippen molar-refractivity contribution in [3.05, 3.63) is 20.2 Å². The van der Waals surface area contributed by atoms with E-state index in [-0.39, 0.29) is 0 Å². The Morgan fingerprint density at radius 1 is 0.938 bits per heavy atom. The molecule has 0 unspecified atom stereocenters. The monoisotopic (exact) mass is 230 g/mol. The van der Waals surface area contributed by atoms with Gasteiger partial charge in [-0.2, -0.15) is 4.98 Å². The Morgan fingerprint density at radius 3 is 1.56 bits per heavy atom. The molecule has 0 radical (unpaired) electrons. The third kappa shape index (κ3) is 1.91. The number of anilines is 2. The molecule has 1 aromatic heterocycles. The predicted molar refractivity (Wildman–Crippen MR) is 51.0 cm³/mol. The average Bonchev–Trinajstić information content (AvgIpc) is 2.26. The molecule has 16 heavy (non-hydrogen) atoms. The van der Waals surface area contributed by atoms with E-state index in [9.17, 15) is 20.2 Å². The van der Waals surface area contributed by atoms with E-state index in [1.165, 1.54) is 0 Å². The first-order valence-corrected chi connectivity index (χ1v) is 3.65. The second-order valence-electron chi connectivity index (χ2n) is 2.37. The molecule has 0 saturated carbocycles. The molecule has 0 aliphatic carbocycles. The number of nitro groups is 2. The summed E-state index contributed by atoms with van der Waals surface area (Å²) in [6.07, 6.45) is 0. The van der Waals surface area contributed by atoms with Crippen molar-refractivity contribution in [3.8, 4) is 0 Å². The van der Waals surface area contributed by atoms with Crippen molar-refractivity contribution in [2.24, 2.45) is 11.7 Å². The number of nitrogens with one attached hydrogen (secondary N) is 2. The van der Waals surface area contributed by atoms with Gasteiger partial charge in [0.15, 0.2) is 0 Å². The number of hydrogen-bond donors (Lipinski definition) is 4. The first kappa shape index (κ1) is 11.5. The summed E-state index contributed by atoms with van der Waals surface area (Å²) < 4.78 is 0. The van der Waals surface area contributed by atoms with Crippen LogP contribution in [0, 0.1) is 20.2 Å². The van der Waals surface area contributed by atoms with E-state index in [2.05, 4.69) is 9.97 Å². The van der Waals surface area contributed by atoms with Crippen LogP contribution in [0.15, 0.2) is 0 Å². The fourth-order valence-corrected chi connectivity index (χ4v) is 0.866. The maximum atomic E-state index is 10.5. The van der Waals surface area contributed by atoms with Gasteiger partial charge >= 0.3 is 11.6 Å². The second-order valence-corrected chi connectivity index (χ2v) is 2.37. The predicted octanol–water partition coefficient (Wildman–Crippen LogP) is -1.14. The number of hydrogen-bond acceptors (Lipinski definition) is 10. The fraction of sp³-hybridized carbons (Fsp3) is 0. The highest BCUT2D eigenvalue weighted by atomic mass is 16.6. The molecule has 0 atom stereocenters. The Kier molecular flexibility index (Phi) is 3.07. The molecule has 0 fully saturated rings. The molecular formula is C4H6N8O4. The number of hydrazine groups is 2. The maximum absolute atomic E-state index is 10.5. The van der Waals surface area contributed by atoms with Crippen LogP contribution in [-0.4, -0.2) is 19.8 Å². The van der Waals surface area contributed by atoms with Gasteiger partial charge in [-0.15, -0.1) is 0 Å². The summed E-state index contributed by atoms with van der Waals surface area (Å²) in [5, 5.41) is 21.0. The third-order valence-corrected chi connectivity index (χ3v) is 1.48. The zero-order valence-electron chi connectivity index (χ0n) is 7.58. The smallest absolute Gasteiger partial charge is 0.358 e. The first-order valence-electron chi connectivity index (χ1n) is 3.65. The lowest BCUT2D eigenvalue weighted by atomic mass is 10.5. The van der Waals surface area contributed by atoms with Crippen LogP contribution >= 0.6 is 0 Å². The quantitative estimate of drug-likeness (QED) is 0.279. The molecule has 0 saturated heterocycles. The van der Waals surface area contributed by atoms with Crippen molar-refractivity contribution in [1.29, 1.82) is 0 Å². The summed E-state index contributed by atoms with van der Waals surface area (Å²) in [4.78, 5) is 25.7. The fourth-order valence-electron chi connectivity index (χ4n) is 0.866. The average molecular weight is 230 g/mol. The van der Waals surface area contributed by atoms with E-state index < -0.39 is 33.1 Å². The van der Waals surface area contributed by atoms with Gasteiger partial charge in [0, 0.05) is 4.98 Å². The molecule has 12 heteroatoms. The van der Waals surface area contributed by atoms with E-state index >= 15 is 0 Å². The van der Waals surface area contributed by atoms with E-state index in [0.717, 1.165) is 0 Å². The molecule has 0 aromatic carbocycles. The summed E-state index contributed by atoms with van der Waals surface area (Å²) in [5.74, 6) is 7.27. The Hall–Kier alpha value is -2.60. The molecular weight excluding hydrogens is 224 g/mol. The summed E-state index contributed by atoms with van der Waals surface area (Å²) in [7, 11) is 0. The Bertz CT molecular complexity index is 409. The normalized spacial score (nSPS) is 9.62. The SMILES string of the molecule is NNc1nc(NN)c([N+](=O)[O-])nc1[N+](=O)[O-]. The molecule has 0 aliphatic rings. The summed E-state index contributed by atoms with van der Waals surface area (Å²) >= 11 is 0. The maximum Gasteiger partial charge on any atom is 0.412 e. The second kappa shape index (κ2) is 4.28. The topological polar surface area (TPSA) is 188 Å². The van der Waals surface area contributed by atoms with Gasteiger partial charge in [-0.05, 0) is 9.85 Å². The van der Waals surface area contributed by atoms with E-state index in [1.54, 1.807) is 0 Å². The number of aromatic nitrogens is 2. The van der Waals surface area contributed by atoms with Gasteiger partial charge in [0.05, 0.1) is 0 Å². The third-order valence-electron chi connectivity index (χ3n) is 1.48. The van der Waals surface area contributed by atoms with Gasteiger partial charge in [0.2, 0.25) is 11.6 Å². The van der Waals surface area contributed by atoms with Crippen LogP contribution in [0.25, 0.3) is 0 Å². The van der Waals surface area contributed by atoms with Gasteiger partial charge in [-0.25, -0.2) is 11.7 Å². The summed E-state index contributed by atoms with van der Waals surface area (Å²) in [6, 6.07) is 0. The Balaban J connectivity index is 3.46. The minimum atomic E-state index is -0.963. The van der Waals surface area contributed by atoms with Crippen LogP contribution in [-0.2, 0) is 0 Å². The Labute approximate surface area is 86.9 Å². The lowest BCUT2D eigenvalue weighted by molar-refractivity contribution is -0.402. The highest BCUT2D eigenvalue weighted by molar-refractivity contribution is 5.61. The van der Waals surface area contributed by atoms with E-state index in [4.69, 9.17) is 11.7 Å². The van der Waals surface area contributed by atoms with Gasteiger partial charge < -0.3 is 31.1 Å². The number of rotatable bonds is 4. The molecule has 6 N–H and O–H groups in total. The van der Waals surface area contributed by atoms with Gasteiger partial charge in [-0.3, -0.25) is 0 Å². The first-order chi connectivity index (χ1) is 7.51. The van der Waals surface area contributed by atoms with Crippen molar-refractivity contribution < 1.29 is 9.85 Å². The van der Waals surface area contributed by atoms with Gasteiger partial charge in [0.1, 0.15) is 0 Å².